The number of amides is 1. The van der Waals surface area contributed by atoms with Gasteiger partial charge in [-0.15, -0.1) is 0 Å². The molecular weight excluding hydrogens is 428 g/mol. The van der Waals surface area contributed by atoms with Crippen LogP contribution in [0.15, 0.2) is 35.5 Å². The largest absolute Gasteiger partial charge is 0.338 e. The summed E-state index contributed by atoms with van der Waals surface area (Å²) in [5, 5.41) is 1.06. The van der Waals surface area contributed by atoms with Gasteiger partial charge >= 0.3 is 0 Å². The highest BCUT2D eigenvalue weighted by molar-refractivity contribution is 7.89. The summed E-state index contributed by atoms with van der Waals surface area (Å²) < 4.78 is 28.9. The van der Waals surface area contributed by atoms with Crippen molar-refractivity contribution >= 4 is 26.8 Å². The Kier molecular flexibility index (Phi) is 6.00. The molecule has 0 spiro atoms. The number of nitrogens with zero attached hydrogens (tertiary/aromatic N) is 6. The van der Waals surface area contributed by atoms with E-state index in [2.05, 4.69) is 15.0 Å². The Balaban J connectivity index is 1.40. The van der Waals surface area contributed by atoms with E-state index in [4.69, 9.17) is 0 Å². The van der Waals surface area contributed by atoms with Gasteiger partial charge < -0.3 is 9.47 Å². The van der Waals surface area contributed by atoms with E-state index in [1.54, 1.807) is 30.5 Å². The molecule has 1 aliphatic rings. The molecule has 0 atom stereocenters. The predicted molar refractivity (Wildman–Crippen MR) is 120 cm³/mol. The number of piperidine rings is 1. The Morgan fingerprint density at radius 2 is 1.81 bits per heavy atom. The second-order valence-electron chi connectivity index (χ2n) is 8.35. The van der Waals surface area contributed by atoms with Crippen LogP contribution in [0.2, 0.25) is 0 Å². The number of imidazole rings is 1. The molecule has 4 rings (SSSR count). The topological polar surface area (TPSA) is 101 Å². The van der Waals surface area contributed by atoms with Gasteiger partial charge in [0.1, 0.15) is 11.6 Å². The van der Waals surface area contributed by atoms with Crippen molar-refractivity contribution in [3.05, 3.63) is 47.8 Å². The maximum Gasteiger partial charge on any atom is 0.262 e. The average Bonchev–Trinajstić information content (AvgIpc) is 3.12. The van der Waals surface area contributed by atoms with Gasteiger partial charge in [-0.1, -0.05) is 18.2 Å². The van der Waals surface area contributed by atoms with Crippen LogP contribution >= 0.6 is 0 Å². The lowest BCUT2D eigenvalue weighted by atomic mass is 9.96. The molecule has 2 aromatic heterocycles. The fourth-order valence-electron chi connectivity index (χ4n) is 4.09. The summed E-state index contributed by atoms with van der Waals surface area (Å²) in [6.07, 6.45) is 2.49. The van der Waals surface area contributed by atoms with Crippen LogP contribution in [-0.2, 0) is 28.4 Å². The van der Waals surface area contributed by atoms with Gasteiger partial charge in [-0.25, -0.2) is 23.4 Å². The summed E-state index contributed by atoms with van der Waals surface area (Å²) in [5.41, 5.74) is 1.74. The van der Waals surface area contributed by atoms with E-state index >= 15 is 0 Å². The smallest absolute Gasteiger partial charge is 0.262 e. The highest BCUT2D eigenvalue weighted by Gasteiger charge is 2.34. The Hall–Kier alpha value is -2.85. The molecule has 0 unspecified atom stereocenters. The van der Waals surface area contributed by atoms with E-state index in [0.29, 0.717) is 44.1 Å². The first kappa shape index (κ1) is 22.3. The third-order valence-corrected chi connectivity index (χ3v) is 7.86. The Morgan fingerprint density at radius 3 is 2.47 bits per heavy atom. The summed E-state index contributed by atoms with van der Waals surface area (Å²) in [6.45, 7) is 4.62. The number of sulfonamides is 1. The lowest BCUT2D eigenvalue weighted by molar-refractivity contribution is -0.136. The van der Waals surface area contributed by atoms with Crippen molar-refractivity contribution in [2.24, 2.45) is 13.0 Å². The minimum Gasteiger partial charge on any atom is -0.338 e. The SMILES string of the molecule is Cc1nc(CN(C)C(=O)C2CCN(S(=O)(=O)c3cn(C)c(C)n3)CC2)nc2ccccc12. The first-order valence-corrected chi connectivity index (χ1v) is 12.1. The summed E-state index contributed by atoms with van der Waals surface area (Å²) in [6, 6.07) is 7.81. The van der Waals surface area contributed by atoms with Crippen LogP contribution in [0.1, 0.15) is 30.2 Å². The average molecular weight is 457 g/mol. The summed E-state index contributed by atoms with van der Waals surface area (Å²) in [4.78, 5) is 28.0. The highest BCUT2D eigenvalue weighted by atomic mass is 32.2. The summed E-state index contributed by atoms with van der Waals surface area (Å²) >= 11 is 0. The standard InChI is InChI=1S/C22H28N6O3S/c1-15-18-7-5-6-8-19(18)25-20(23-15)13-27(4)22(29)17-9-11-28(12-10-17)32(30,31)21-14-26(3)16(2)24-21/h5-8,14,17H,9-13H2,1-4H3. The van der Waals surface area contributed by atoms with E-state index in [0.717, 1.165) is 16.6 Å². The minimum absolute atomic E-state index is 0.00913. The van der Waals surface area contributed by atoms with Gasteiger partial charge in [0, 0.05) is 50.4 Å². The number of carbonyl (C=O) groups is 1. The Labute approximate surface area is 188 Å². The lowest BCUT2D eigenvalue weighted by Gasteiger charge is -2.32. The number of para-hydroxylation sites is 1. The molecule has 1 amide bonds. The van der Waals surface area contributed by atoms with Crippen LogP contribution in [0.3, 0.4) is 0 Å². The zero-order valence-corrected chi connectivity index (χ0v) is 19.6. The van der Waals surface area contributed by atoms with Gasteiger partial charge in [0.25, 0.3) is 10.0 Å². The molecule has 0 radical (unpaired) electrons. The fourth-order valence-corrected chi connectivity index (χ4v) is 5.59. The zero-order chi connectivity index (χ0) is 23.0. The quantitative estimate of drug-likeness (QED) is 0.582. The maximum absolute atomic E-state index is 13.0. The van der Waals surface area contributed by atoms with Gasteiger partial charge in [-0.05, 0) is 32.8 Å². The summed E-state index contributed by atoms with van der Waals surface area (Å²) in [7, 11) is -0.138. The van der Waals surface area contributed by atoms with Crippen molar-refractivity contribution in [1.29, 1.82) is 0 Å². The van der Waals surface area contributed by atoms with Gasteiger partial charge in [-0.2, -0.15) is 4.31 Å². The van der Waals surface area contributed by atoms with Crippen LogP contribution in [0.25, 0.3) is 10.9 Å². The molecule has 10 heteroatoms. The van der Waals surface area contributed by atoms with Crippen molar-refractivity contribution in [3.8, 4) is 0 Å². The van der Waals surface area contributed by atoms with Crippen LogP contribution in [0, 0.1) is 19.8 Å². The third-order valence-electron chi connectivity index (χ3n) is 6.09. The molecule has 0 N–H and O–H groups in total. The number of benzene rings is 1. The molecule has 9 nitrogen and oxygen atoms in total. The number of hydrogen-bond acceptors (Lipinski definition) is 6. The second-order valence-corrected chi connectivity index (χ2v) is 10.2. The van der Waals surface area contributed by atoms with Crippen molar-refractivity contribution in [2.45, 2.75) is 38.3 Å². The number of hydrogen-bond donors (Lipinski definition) is 0. The molecule has 1 saturated heterocycles. The predicted octanol–water partition coefficient (Wildman–Crippen LogP) is 2.04. The van der Waals surface area contributed by atoms with E-state index in [1.807, 2.05) is 31.2 Å². The van der Waals surface area contributed by atoms with Crippen molar-refractivity contribution in [2.75, 3.05) is 20.1 Å². The van der Waals surface area contributed by atoms with E-state index in [9.17, 15) is 13.2 Å². The Bertz CT molecular complexity index is 1240. The molecule has 0 aliphatic carbocycles. The zero-order valence-electron chi connectivity index (χ0n) is 18.8. The molecular formula is C22H28N6O3S. The van der Waals surface area contributed by atoms with E-state index < -0.39 is 10.0 Å². The highest BCUT2D eigenvalue weighted by Crippen LogP contribution is 2.25. The molecule has 0 bridgehead atoms. The van der Waals surface area contributed by atoms with E-state index in [-0.39, 0.29) is 16.9 Å². The van der Waals surface area contributed by atoms with Crippen molar-refractivity contribution in [3.63, 3.8) is 0 Å². The number of rotatable bonds is 5. The van der Waals surface area contributed by atoms with Gasteiger partial charge in [0.2, 0.25) is 5.91 Å². The first-order valence-electron chi connectivity index (χ1n) is 10.6. The first-order chi connectivity index (χ1) is 15.2. The number of fused-ring (bicyclic) bond motifs is 1. The molecule has 1 fully saturated rings. The monoisotopic (exact) mass is 456 g/mol. The van der Waals surface area contributed by atoms with Crippen molar-refractivity contribution < 1.29 is 13.2 Å². The third kappa shape index (κ3) is 4.24. The second kappa shape index (κ2) is 8.59. The molecule has 1 aliphatic heterocycles. The van der Waals surface area contributed by atoms with Crippen LogP contribution < -0.4 is 0 Å². The summed E-state index contributed by atoms with van der Waals surface area (Å²) in [5.74, 6) is 1.01. The van der Waals surface area contributed by atoms with Gasteiger partial charge in [0.15, 0.2) is 5.03 Å². The molecule has 3 heterocycles. The van der Waals surface area contributed by atoms with Gasteiger partial charge in [0.05, 0.1) is 12.1 Å². The van der Waals surface area contributed by atoms with Crippen LogP contribution in [0.5, 0.6) is 0 Å². The molecule has 3 aromatic rings. The molecule has 170 valence electrons. The van der Waals surface area contributed by atoms with Crippen LogP contribution in [0.4, 0.5) is 0 Å². The molecule has 1 aromatic carbocycles. The number of aryl methyl sites for hydroxylation is 3. The molecule has 32 heavy (non-hydrogen) atoms. The van der Waals surface area contributed by atoms with Gasteiger partial charge in [-0.3, -0.25) is 4.79 Å². The van der Waals surface area contributed by atoms with Crippen molar-refractivity contribution in [1.82, 2.24) is 28.7 Å². The van der Waals surface area contributed by atoms with E-state index in [1.165, 1.54) is 10.5 Å². The number of aromatic nitrogens is 4. The Morgan fingerprint density at radius 1 is 1.12 bits per heavy atom. The fraction of sp³-hybridized carbons (Fsp3) is 0.455. The van der Waals surface area contributed by atoms with Crippen LogP contribution in [-0.4, -0.2) is 63.2 Å². The normalized spacial score (nSPS) is 15.9. The minimum atomic E-state index is -3.65. The molecule has 0 saturated carbocycles. The maximum atomic E-state index is 13.0. The number of carbonyl (C=O) groups excluding carboxylic acids is 1. The lowest BCUT2D eigenvalue weighted by Crippen LogP contribution is -2.43.